The van der Waals surface area contributed by atoms with E-state index in [1.165, 1.54) is 9.80 Å². The fourth-order valence-corrected chi connectivity index (χ4v) is 3.38. The first-order chi connectivity index (χ1) is 10.9. The Hall–Kier alpha value is -1.92. The van der Waals surface area contributed by atoms with Crippen molar-refractivity contribution in [2.45, 2.75) is 39.2 Å². The number of hydrogen-bond donors (Lipinski definition) is 0. The predicted octanol–water partition coefficient (Wildman–Crippen LogP) is 0.801. The summed E-state index contributed by atoms with van der Waals surface area (Å²) in [4.78, 5) is 34.4. The van der Waals surface area contributed by atoms with Crippen LogP contribution in [-0.2, 0) is 4.79 Å². The van der Waals surface area contributed by atoms with Crippen molar-refractivity contribution in [2.24, 2.45) is 10.9 Å². The maximum absolute atomic E-state index is 12.7. The highest BCUT2D eigenvalue weighted by Gasteiger charge is 2.55. The first-order valence-corrected chi connectivity index (χ1v) is 8.44. The number of amides is 3. The van der Waals surface area contributed by atoms with Crippen molar-refractivity contribution in [3.8, 4) is 0 Å². The number of rotatable bonds is 3. The van der Waals surface area contributed by atoms with Crippen molar-refractivity contribution in [3.05, 3.63) is 0 Å². The van der Waals surface area contributed by atoms with Gasteiger partial charge in [-0.05, 0) is 25.2 Å². The zero-order valence-corrected chi connectivity index (χ0v) is 14.4. The summed E-state index contributed by atoms with van der Waals surface area (Å²) in [5.74, 6) is 1.81. The summed E-state index contributed by atoms with van der Waals surface area (Å²) in [6.45, 7) is 7.08. The van der Waals surface area contributed by atoms with Gasteiger partial charge in [0.15, 0.2) is 0 Å². The molecule has 7 heteroatoms. The molecule has 3 rings (SSSR count). The van der Waals surface area contributed by atoms with Gasteiger partial charge in [-0.25, -0.2) is 9.69 Å². The molecular weight excluding hydrogens is 294 g/mol. The van der Waals surface area contributed by atoms with Gasteiger partial charge >= 0.3 is 12.0 Å². The van der Waals surface area contributed by atoms with Gasteiger partial charge in [0.05, 0.1) is 19.6 Å². The number of carbonyl (C=O) groups is 2. The van der Waals surface area contributed by atoms with Gasteiger partial charge in [0.1, 0.15) is 0 Å². The van der Waals surface area contributed by atoms with Gasteiger partial charge in [0.2, 0.25) is 11.9 Å². The van der Waals surface area contributed by atoms with E-state index >= 15 is 0 Å². The molecule has 0 aromatic rings. The Morgan fingerprint density at radius 1 is 1.17 bits per heavy atom. The molecule has 0 spiro atoms. The van der Waals surface area contributed by atoms with Gasteiger partial charge in [-0.1, -0.05) is 18.8 Å². The van der Waals surface area contributed by atoms with Crippen molar-refractivity contribution in [1.82, 2.24) is 14.7 Å². The second-order valence-corrected chi connectivity index (χ2v) is 6.98. The van der Waals surface area contributed by atoms with Crippen LogP contribution in [0.25, 0.3) is 0 Å². The molecule has 0 N–H and O–H groups in total. The van der Waals surface area contributed by atoms with E-state index in [0.29, 0.717) is 11.8 Å². The summed E-state index contributed by atoms with van der Waals surface area (Å²) in [6.07, 6.45) is 3.30. The van der Waals surface area contributed by atoms with Gasteiger partial charge in [-0.3, -0.25) is 19.2 Å². The van der Waals surface area contributed by atoms with Crippen LogP contribution in [-0.4, -0.2) is 82.8 Å². The molecular formula is C16H26N5O2+. The Balaban J connectivity index is 1.99. The maximum Gasteiger partial charge on any atom is 0.392 e. The van der Waals surface area contributed by atoms with Crippen molar-refractivity contribution >= 4 is 23.7 Å². The average molecular weight is 320 g/mol. The molecule has 3 aliphatic rings. The van der Waals surface area contributed by atoms with Crippen LogP contribution in [0.3, 0.4) is 0 Å². The highest BCUT2D eigenvalue weighted by atomic mass is 16.2. The van der Waals surface area contributed by atoms with Crippen molar-refractivity contribution in [2.75, 3.05) is 33.7 Å². The number of hydrogen-bond acceptors (Lipinski definition) is 2. The van der Waals surface area contributed by atoms with Crippen LogP contribution in [0.5, 0.6) is 0 Å². The smallest absolute Gasteiger partial charge is 0.270 e. The number of likely N-dealkylation sites (N-methyl/N-ethyl adjacent to an activating group) is 2. The Bertz CT molecular complexity index is 587. The fourth-order valence-electron chi connectivity index (χ4n) is 3.38. The minimum atomic E-state index is -0.461. The highest BCUT2D eigenvalue weighted by molar-refractivity contribution is 6.25. The topological polar surface area (TPSA) is 59.2 Å². The van der Waals surface area contributed by atoms with E-state index in [9.17, 15) is 9.59 Å². The number of guanidine groups is 1. The van der Waals surface area contributed by atoms with Gasteiger partial charge in [-0.15, -0.1) is 0 Å². The zero-order valence-electron chi connectivity index (χ0n) is 14.4. The summed E-state index contributed by atoms with van der Waals surface area (Å²) in [6, 6.07) is -0.770. The lowest BCUT2D eigenvalue weighted by molar-refractivity contribution is -0.511. The Morgan fingerprint density at radius 3 is 2.43 bits per heavy atom. The number of nitrogens with zero attached hydrogens (tertiary/aromatic N) is 5. The molecule has 3 heterocycles. The minimum absolute atomic E-state index is 0.176. The lowest BCUT2D eigenvalue weighted by Crippen LogP contribution is -2.63. The largest absolute Gasteiger partial charge is 0.392 e. The Labute approximate surface area is 137 Å². The third-order valence-corrected chi connectivity index (χ3v) is 4.85. The fraction of sp³-hybridized carbons (Fsp3) is 0.750. The van der Waals surface area contributed by atoms with Gasteiger partial charge in [0.25, 0.3) is 5.91 Å². The lowest BCUT2D eigenvalue weighted by Gasteiger charge is -2.33. The third-order valence-electron chi connectivity index (χ3n) is 4.85. The molecule has 2 saturated heterocycles. The number of aliphatic imine (C=N–C) groups is 1. The van der Waals surface area contributed by atoms with Crippen LogP contribution < -0.4 is 0 Å². The van der Waals surface area contributed by atoms with Crippen molar-refractivity contribution in [1.29, 1.82) is 0 Å². The molecule has 0 radical (unpaired) electrons. The average Bonchev–Trinajstić information content (AvgIpc) is 3.15. The van der Waals surface area contributed by atoms with Crippen LogP contribution in [0, 0.1) is 5.92 Å². The number of fused-ring (bicyclic) bond motifs is 1. The molecule has 0 saturated carbocycles. The zero-order chi connectivity index (χ0) is 16.7. The van der Waals surface area contributed by atoms with Gasteiger partial charge in [-0.2, -0.15) is 0 Å². The Morgan fingerprint density at radius 2 is 1.83 bits per heavy atom. The summed E-state index contributed by atoms with van der Waals surface area (Å²) in [5, 5.41) is 0. The predicted molar refractivity (Wildman–Crippen MR) is 87.5 cm³/mol. The monoisotopic (exact) mass is 320 g/mol. The molecule has 0 aliphatic carbocycles. The first kappa shape index (κ1) is 16.0. The van der Waals surface area contributed by atoms with Gasteiger partial charge in [0, 0.05) is 14.1 Å². The second kappa shape index (κ2) is 5.94. The number of urea groups is 1. The van der Waals surface area contributed by atoms with E-state index in [1.807, 2.05) is 0 Å². The molecule has 0 aromatic carbocycles. The number of amidine groups is 1. The number of imide groups is 1. The van der Waals surface area contributed by atoms with E-state index in [4.69, 9.17) is 4.99 Å². The van der Waals surface area contributed by atoms with Crippen LogP contribution in [0.4, 0.5) is 4.79 Å². The van der Waals surface area contributed by atoms with Crippen LogP contribution in [0.15, 0.2) is 4.99 Å². The Kier molecular flexibility index (Phi) is 4.12. The molecule has 126 valence electrons. The number of carbonyl (C=O) groups excluding carboxylic acids is 2. The van der Waals surface area contributed by atoms with E-state index < -0.39 is 6.04 Å². The van der Waals surface area contributed by atoms with Crippen molar-refractivity contribution in [3.63, 3.8) is 0 Å². The molecule has 23 heavy (non-hydrogen) atoms. The SMILES string of the molecule is CC(C)CCN1C(=[N+]2CCCC2)N=C2C1C(=O)N(C)C(=O)N2C. The quantitative estimate of drug-likeness (QED) is 0.723. The summed E-state index contributed by atoms with van der Waals surface area (Å²) >= 11 is 0. The third kappa shape index (κ3) is 2.62. The van der Waals surface area contributed by atoms with Crippen molar-refractivity contribution < 1.29 is 14.2 Å². The summed E-state index contributed by atoms with van der Waals surface area (Å²) < 4.78 is 2.25. The lowest BCUT2D eigenvalue weighted by atomic mass is 10.1. The molecule has 3 amide bonds. The second-order valence-electron chi connectivity index (χ2n) is 6.98. The van der Waals surface area contributed by atoms with Crippen LogP contribution in [0.2, 0.25) is 0 Å². The molecule has 7 nitrogen and oxygen atoms in total. The standard InChI is InChI=1S/C16H26N5O2/c1-11(2)7-10-21-12-13(17-15(21)20-8-5-6-9-20)18(3)16(23)19(4)14(12)22/h11-12H,5-10H2,1-4H3/q+1. The first-order valence-electron chi connectivity index (χ1n) is 8.44. The summed E-state index contributed by atoms with van der Waals surface area (Å²) in [5.41, 5.74) is 0. The van der Waals surface area contributed by atoms with E-state index in [2.05, 4.69) is 23.3 Å². The minimum Gasteiger partial charge on any atom is -0.270 e. The maximum atomic E-state index is 12.7. The molecule has 2 fully saturated rings. The highest BCUT2D eigenvalue weighted by Crippen LogP contribution is 2.24. The molecule has 1 unspecified atom stereocenters. The molecule has 0 aromatic heterocycles. The molecule has 1 atom stereocenters. The molecule has 0 bridgehead atoms. The van der Waals surface area contributed by atoms with E-state index in [0.717, 1.165) is 44.9 Å². The van der Waals surface area contributed by atoms with E-state index in [1.54, 1.807) is 14.1 Å². The molecule has 3 aliphatic heterocycles. The normalized spacial score (nSPS) is 25.0. The van der Waals surface area contributed by atoms with Gasteiger partial charge < -0.3 is 0 Å². The van der Waals surface area contributed by atoms with Crippen LogP contribution >= 0.6 is 0 Å². The van der Waals surface area contributed by atoms with E-state index in [-0.39, 0.29) is 11.9 Å². The summed E-state index contributed by atoms with van der Waals surface area (Å²) in [7, 11) is 3.25. The van der Waals surface area contributed by atoms with Crippen LogP contribution in [0.1, 0.15) is 33.1 Å².